The molecule has 0 spiro atoms. The quantitative estimate of drug-likeness (QED) is 0.0754. The summed E-state index contributed by atoms with van der Waals surface area (Å²) in [4.78, 5) is 0. The average molecular weight is 1260 g/mol. The minimum absolute atomic E-state index is 0. The van der Waals surface area contributed by atoms with Crippen molar-refractivity contribution in [2.24, 2.45) is 110 Å². The molecule has 1 heterocycles. The number of rotatable bonds is 13. The minimum Gasteiger partial charge on any atom is -0.726 e. The number of hydrogen-bond donors (Lipinski definition) is 2. The molecule has 10 rings (SSSR count). The van der Waals surface area contributed by atoms with Crippen molar-refractivity contribution in [3.63, 3.8) is 0 Å². The van der Waals surface area contributed by atoms with E-state index < -0.39 is 101 Å². The summed E-state index contributed by atoms with van der Waals surface area (Å²) in [5, 5.41) is 22.0. The normalized spacial score (nSPS) is 48.9. The summed E-state index contributed by atoms with van der Waals surface area (Å²) in [6, 6.07) is 0. The van der Waals surface area contributed by atoms with Crippen LogP contribution in [0.5, 0.6) is 0 Å². The second kappa shape index (κ2) is 25.2. The Balaban J connectivity index is 0.00000264. The molecule has 0 aromatic heterocycles. The molecule has 4 unspecified atom stereocenters. The molecule has 442 valence electrons. The molecule has 27 heteroatoms. The molecule has 10 aliphatic rings. The molecule has 0 amide bonds. The number of ether oxygens (including phenoxy) is 1. The minimum atomic E-state index is -5.15. The third kappa shape index (κ3) is 13.8. The van der Waals surface area contributed by atoms with Crippen LogP contribution in [0, 0.1) is 110 Å². The third-order valence-electron chi connectivity index (χ3n) is 24.7. The first kappa shape index (κ1) is 73.2. The van der Waals surface area contributed by atoms with Gasteiger partial charge in [0.15, 0.2) is 0 Å². The molecule has 2 N–H and O–H groups in total. The zero-order valence-electron chi connectivity index (χ0n) is 50.1. The van der Waals surface area contributed by atoms with Crippen LogP contribution in [-0.2, 0) is 63.1 Å². The average Bonchev–Trinajstić information content (AvgIpc) is 3.96. The molecule has 1 aliphatic heterocycles. The number of hydrogen-bond acceptors (Lipinski definition) is 19. The number of aliphatic hydroxyl groups excluding tert-OH is 2. The van der Waals surface area contributed by atoms with Gasteiger partial charge in [-0.2, -0.15) is 0 Å². The van der Waals surface area contributed by atoms with Crippen molar-refractivity contribution < 1.29 is 202 Å². The zero-order valence-corrected chi connectivity index (χ0v) is 61.3. The van der Waals surface area contributed by atoms with Crippen LogP contribution in [0.4, 0.5) is 0 Å². The molecule has 19 nitrogen and oxygen atoms in total. The van der Waals surface area contributed by atoms with E-state index in [0.717, 1.165) is 64.2 Å². The van der Waals surface area contributed by atoms with Crippen LogP contribution >= 0.6 is 0 Å². The Morgan fingerprint density at radius 3 is 1.30 bits per heavy atom. The van der Waals surface area contributed by atoms with Gasteiger partial charge >= 0.3 is 118 Å². The molecule has 10 fully saturated rings. The first-order valence-corrected chi connectivity index (χ1v) is 33.9. The molecule has 0 bridgehead atoms. The second-order valence-corrected chi connectivity index (χ2v) is 32.7. The van der Waals surface area contributed by atoms with Crippen molar-refractivity contribution >= 4 is 41.6 Å². The van der Waals surface area contributed by atoms with E-state index in [0.29, 0.717) is 18.8 Å². The fraction of sp³-hybridized carbons (Fsp3) is 0.963. The molecule has 0 aromatic carbocycles. The number of allylic oxidation sites excluding steroid dienone is 2. The van der Waals surface area contributed by atoms with Crippen LogP contribution in [0.25, 0.3) is 0 Å². The fourth-order valence-electron chi connectivity index (χ4n) is 22.0. The summed E-state index contributed by atoms with van der Waals surface area (Å²) >= 11 is 0. The monoisotopic (exact) mass is 1260 g/mol. The Bertz CT molecular complexity index is 2780. The fourth-order valence-corrected chi connectivity index (χ4v) is 24.0. The van der Waals surface area contributed by atoms with Crippen LogP contribution in [0.2, 0.25) is 0 Å². The van der Waals surface area contributed by atoms with Crippen molar-refractivity contribution in [1.29, 1.82) is 0 Å². The molecular formula is C54H84Na4O19S4. The van der Waals surface area contributed by atoms with Crippen molar-refractivity contribution in [2.75, 3.05) is 0 Å². The molecule has 9 aliphatic carbocycles. The van der Waals surface area contributed by atoms with Crippen molar-refractivity contribution in [2.45, 2.75) is 213 Å². The predicted molar refractivity (Wildman–Crippen MR) is 273 cm³/mol. The Morgan fingerprint density at radius 2 is 0.877 bits per heavy atom. The van der Waals surface area contributed by atoms with Crippen LogP contribution in [0.1, 0.15) is 165 Å². The summed E-state index contributed by atoms with van der Waals surface area (Å²) in [6.45, 7) is 20.2. The van der Waals surface area contributed by atoms with Gasteiger partial charge in [-0.15, -0.1) is 0 Å². The summed E-state index contributed by atoms with van der Waals surface area (Å²) < 4.78 is 172. The van der Waals surface area contributed by atoms with Gasteiger partial charge < -0.3 is 33.2 Å². The molecule has 9 saturated carbocycles. The van der Waals surface area contributed by atoms with Crippen molar-refractivity contribution in [3.05, 3.63) is 12.2 Å². The van der Waals surface area contributed by atoms with Crippen molar-refractivity contribution in [1.82, 2.24) is 0 Å². The van der Waals surface area contributed by atoms with E-state index in [2.05, 4.69) is 60.6 Å². The Labute approximate surface area is 571 Å². The SMILES string of the molecule is C[C@H](/C=C\C1C2CC([C@@H](C)[C@H]3CC[C@H]4[C@@H]5C[C@H](OS(=O)(=O)[O-])[C@H]6C[C@H](O)[C@@H](OS(=O)(=O)[O-])C[C@]6(C)[C@H]5CC[C@]34C)OC2(C)CC1(C)C)[C@H]1CC[C@H]2[C@@H]3C[C@H](OS(=O)(=O)[O-])[C@H]4C[C@@H](O)[C@@H](OS(=O)(=O)[O-])C[C@]4(C)[C@H]3CC[C@]12C.[Na+].[Na+].[Na+].[Na+]. The second-order valence-electron chi connectivity index (χ2n) is 28.7. The Hall–Kier alpha value is 3.10. The van der Waals surface area contributed by atoms with E-state index in [4.69, 9.17) is 21.5 Å². The zero-order chi connectivity index (χ0) is 56.4. The smallest absolute Gasteiger partial charge is 0.726 e. The Morgan fingerprint density at radius 1 is 0.494 bits per heavy atom. The molecule has 0 radical (unpaired) electrons. The van der Waals surface area contributed by atoms with Gasteiger partial charge in [0.25, 0.3) is 0 Å². The first-order valence-electron chi connectivity index (χ1n) is 28.6. The van der Waals surface area contributed by atoms with Gasteiger partial charge in [-0.25, -0.2) is 33.7 Å². The van der Waals surface area contributed by atoms with Crippen LogP contribution in [0.3, 0.4) is 0 Å². The van der Waals surface area contributed by atoms with E-state index >= 15 is 0 Å². The summed E-state index contributed by atoms with van der Waals surface area (Å²) in [6.07, 6.45) is 6.87. The first-order chi connectivity index (χ1) is 35.3. The molecule has 81 heavy (non-hydrogen) atoms. The van der Waals surface area contributed by atoms with Gasteiger partial charge in [0.1, 0.15) is 12.2 Å². The van der Waals surface area contributed by atoms with Crippen molar-refractivity contribution in [3.8, 4) is 0 Å². The molecule has 26 atom stereocenters. The Kier molecular flexibility index (Phi) is 22.8. The van der Waals surface area contributed by atoms with Gasteiger partial charge in [0.2, 0.25) is 41.6 Å². The van der Waals surface area contributed by atoms with Gasteiger partial charge in [0.05, 0.1) is 36.1 Å². The van der Waals surface area contributed by atoms with Gasteiger partial charge in [-0.1, -0.05) is 67.5 Å². The molecule has 1 saturated heterocycles. The maximum atomic E-state index is 12.2. The molecule has 0 aromatic rings. The summed E-state index contributed by atoms with van der Waals surface area (Å²) in [5.74, 6) is 0.558. The number of fused-ring (bicyclic) bond motifs is 11. The predicted octanol–water partition coefficient (Wildman–Crippen LogP) is -5.10. The van der Waals surface area contributed by atoms with E-state index in [1.54, 1.807) is 0 Å². The van der Waals surface area contributed by atoms with Gasteiger partial charge in [-0.05, 0) is 220 Å². The van der Waals surface area contributed by atoms with Gasteiger partial charge in [0, 0.05) is 0 Å². The maximum Gasteiger partial charge on any atom is 1.00 e. The maximum absolute atomic E-state index is 12.2. The standard InChI is InChI=1S/C54H88O19S4.4Na/c1-28(32-12-14-34-30-20-45(70-74(57,58)59)40-22-42(55)47(72-76(63,64)65)25-52(40,7)36(30)16-18-50(32,34)5)10-11-38-39-24-44(69-54(39,9)27-49(38,3)4)29(2)33-13-15-35-31-21-46(71-75(60,61)62)41-23-43(56)48(73-77(66,67)68)26-53(41,8)37(31)17-19-51(33,35)6;;;;/h10-11,28-48,55-56H,12-27H2,1-9H3,(H,57,58,59)(H,60,61,62)(H,63,64,65)(H,66,67,68);;;;/q;4*+1/p-4/b11-10-;;;;/t28-,29+,30+,31+,32-,33-,34+,35+,36+,37+,38?,39?,40-,41-,42-,43+,44?,45+,46+,47+,48+,50-,51-,52-,53-,54?;;;;/m1..../s1. The number of aliphatic hydroxyl groups is 2. The van der Waals surface area contributed by atoms with E-state index in [-0.39, 0.29) is 237 Å². The van der Waals surface area contributed by atoms with E-state index in [1.165, 1.54) is 0 Å². The van der Waals surface area contributed by atoms with Crippen LogP contribution in [-0.4, -0.2) is 110 Å². The third-order valence-corrected chi connectivity index (χ3v) is 26.7. The van der Waals surface area contributed by atoms with Crippen LogP contribution < -0.4 is 118 Å². The van der Waals surface area contributed by atoms with Crippen LogP contribution in [0.15, 0.2) is 12.2 Å². The summed E-state index contributed by atoms with van der Waals surface area (Å²) in [5.41, 5.74) is -2.23. The largest absolute Gasteiger partial charge is 1.00 e. The van der Waals surface area contributed by atoms with E-state index in [9.17, 15) is 62.1 Å². The molecular weight excluding hydrogens is 1170 g/mol. The topological polar surface area (TPSA) is 315 Å². The van der Waals surface area contributed by atoms with Gasteiger partial charge in [-0.3, -0.25) is 16.7 Å². The summed E-state index contributed by atoms with van der Waals surface area (Å²) in [7, 11) is -20.5. The van der Waals surface area contributed by atoms with E-state index in [1.807, 2.05) is 13.8 Å².